The molecule has 0 radical (unpaired) electrons. The zero-order valence-corrected chi connectivity index (χ0v) is 11.5. The minimum absolute atomic E-state index is 0.0175. The summed E-state index contributed by atoms with van der Waals surface area (Å²) >= 11 is 0. The Morgan fingerprint density at radius 1 is 1.30 bits per heavy atom. The molecule has 1 aromatic carbocycles. The van der Waals surface area contributed by atoms with Gasteiger partial charge >= 0.3 is 0 Å². The van der Waals surface area contributed by atoms with E-state index in [2.05, 4.69) is 0 Å². The van der Waals surface area contributed by atoms with E-state index in [9.17, 15) is 14.7 Å². The molecular formula is C17H18O3. The molecule has 1 aliphatic carbocycles. The molecule has 3 nitrogen and oxygen atoms in total. The first kappa shape index (κ1) is 14.3. The highest BCUT2D eigenvalue weighted by Crippen LogP contribution is 2.35. The van der Waals surface area contributed by atoms with Crippen molar-refractivity contribution in [3.05, 3.63) is 58.9 Å². The van der Waals surface area contributed by atoms with E-state index in [-0.39, 0.29) is 17.5 Å². The van der Waals surface area contributed by atoms with Gasteiger partial charge in [-0.25, -0.2) is 0 Å². The van der Waals surface area contributed by atoms with Crippen molar-refractivity contribution < 1.29 is 14.7 Å². The fraction of sp³-hybridized carbons (Fsp3) is 0.294. The van der Waals surface area contributed by atoms with Crippen molar-refractivity contribution in [1.82, 2.24) is 0 Å². The van der Waals surface area contributed by atoms with Crippen molar-refractivity contribution in [1.29, 1.82) is 0 Å². The number of aliphatic hydroxyl groups is 1. The Labute approximate surface area is 118 Å². The van der Waals surface area contributed by atoms with Gasteiger partial charge in [-0.05, 0) is 25.0 Å². The Morgan fingerprint density at radius 2 is 2.00 bits per heavy atom. The van der Waals surface area contributed by atoms with Crippen LogP contribution in [0, 0.1) is 0 Å². The van der Waals surface area contributed by atoms with Crippen molar-refractivity contribution in [2.75, 3.05) is 0 Å². The first-order valence-electron chi connectivity index (χ1n) is 6.75. The topological polar surface area (TPSA) is 54.4 Å². The lowest BCUT2D eigenvalue weighted by Crippen LogP contribution is -2.11. The van der Waals surface area contributed by atoms with Crippen LogP contribution in [-0.4, -0.2) is 17.2 Å². The van der Waals surface area contributed by atoms with E-state index in [1.54, 1.807) is 6.08 Å². The molecule has 0 saturated carbocycles. The van der Waals surface area contributed by atoms with Crippen molar-refractivity contribution >= 4 is 12.1 Å². The average molecular weight is 270 g/mol. The van der Waals surface area contributed by atoms with E-state index < -0.39 is 0 Å². The first-order valence-corrected chi connectivity index (χ1v) is 6.75. The molecule has 20 heavy (non-hydrogen) atoms. The van der Waals surface area contributed by atoms with Gasteiger partial charge in [-0.2, -0.15) is 0 Å². The lowest BCUT2D eigenvalue weighted by atomic mass is 9.82. The van der Waals surface area contributed by atoms with Crippen LogP contribution in [0.4, 0.5) is 0 Å². The number of Topliss-reactive ketones (excluding diaryl/α,β-unsaturated/α-hetero) is 1. The van der Waals surface area contributed by atoms with Crippen molar-refractivity contribution in [3.8, 4) is 0 Å². The molecule has 0 fully saturated rings. The van der Waals surface area contributed by atoms with Crippen molar-refractivity contribution in [3.63, 3.8) is 0 Å². The number of carbonyl (C=O) groups excluding carboxylic acids is 2. The summed E-state index contributed by atoms with van der Waals surface area (Å²) in [4.78, 5) is 22.5. The highest BCUT2D eigenvalue weighted by Gasteiger charge is 2.22. The van der Waals surface area contributed by atoms with Crippen LogP contribution in [0.3, 0.4) is 0 Å². The largest absolute Gasteiger partial charge is 0.512 e. The van der Waals surface area contributed by atoms with E-state index >= 15 is 0 Å². The van der Waals surface area contributed by atoms with Crippen LogP contribution in [-0.2, 0) is 9.59 Å². The molecule has 1 N–H and O–H groups in total. The number of hydrogen-bond donors (Lipinski definition) is 1. The summed E-state index contributed by atoms with van der Waals surface area (Å²) in [6.07, 6.45) is 4.19. The van der Waals surface area contributed by atoms with E-state index in [4.69, 9.17) is 0 Å². The number of hydrogen-bond acceptors (Lipinski definition) is 3. The number of rotatable bonds is 5. The van der Waals surface area contributed by atoms with Gasteiger partial charge in [0.15, 0.2) is 5.78 Å². The third-order valence-corrected chi connectivity index (χ3v) is 3.65. The van der Waals surface area contributed by atoms with Gasteiger partial charge < -0.3 is 9.90 Å². The first-order chi connectivity index (χ1) is 9.63. The SMILES string of the molecule is CC(=O)C1=C(O)CCC([C@H](CC=O)c2ccccc2)=C1. The maximum Gasteiger partial charge on any atom is 0.163 e. The van der Waals surface area contributed by atoms with Crippen molar-refractivity contribution in [2.45, 2.75) is 32.1 Å². The number of aldehydes is 1. The van der Waals surface area contributed by atoms with Gasteiger partial charge in [-0.3, -0.25) is 4.79 Å². The minimum Gasteiger partial charge on any atom is -0.512 e. The Balaban J connectivity index is 2.38. The number of ketones is 1. The Bertz CT molecular complexity index is 567. The Kier molecular flexibility index (Phi) is 4.51. The molecule has 1 atom stereocenters. The molecule has 0 bridgehead atoms. The van der Waals surface area contributed by atoms with Crippen LogP contribution in [0.1, 0.15) is 37.7 Å². The van der Waals surface area contributed by atoms with Crippen LogP contribution in [0.25, 0.3) is 0 Å². The molecule has 0 unspecified atom stereocenters. The molecule has 1 aliphatic rings. The van der Waals surface area contributed by atoms with Crippen LogP contribution < -0.4 is 0 Å². The van der Waals surface area contributed by atoms with Crippen LogP contribution in [0.15, 0.2) is 53.3 Å². The highest BCUT2D eigenvalue weighted by atomic mass is 16.3. The molecule has 2 rings (SSSR count). The quantitative estimate of drug-likeness (QED) is 0.833. The standard InChI is InChI=1S/C17H18O3/c1-12(19)16-11-14(7-8-17(16)20)15(9-10-18)13-5-3-2-4-6-13/h2-6,10-11,15,20H,7-9H2,1H3/t15-/m1/s1. The van der Waals surface area contributed by atoms with E-state index in [1.807, 2.05) is 30.3 Å². The second-order valence-corrected chi connectivity index (χ2v) is 5.00. The molecule has 0 saturated heterocycles. The van der Waals surface area contributed by atoms with Gasteiger partial charge in [0.1, 0.15) is 12.0 Å². The summed E-state index contributed by atoms with van der Waals surface area (Å²) in [5.41, 5.74) is 2.47. The zero-order chi connectivity index (χ0) is 14.5. The lowest BCUT2D eigenvalue weighted by molar-refractivity contribution is -0.113. The van der Waals surface area contributed by atoms with E-state index in [0.717, 1.165) is 17.4 Å². The summed E-state index contributed by atoms with van der Waals surface area (Å²) in [6, 6.07) is 9.79. The maximum absolute atomic E-state index is 11.5. The van der Waals surface area contributed by atoms with Crippen LogP contribution in [0.2, 0.25) is 0 Å². The number of allylic oxidation sites excluding steroid dienone is 4. The van der Waals surface area contributed by atoms with Gasteiger partial charge in [0.2, 0.25) is 0 Å². The Hall–Kier alpha value is -2.16. The molecular weight excluding hydrogens is 252 g/mol. The normalized spacial score (nSPS) is 16.6. The summed E-state index contributed by atoms with van der Waals surface area (Å²) < 4.78 is 0. The predicted octanol–water partition coefficient (Wildman–Crippen LogP) is 3.48. The summed E-state index contributed by atoms with van der Waals surface area (Å²) in [5, 5.41) is 9.78. The summed E-state index contributed by atoms with van der Waals surface area (Å²) in [5.74, 6) is -0.00655. The minimum atomic E-state index is -0.141. The van der Waals surface area contributed by atoms with Gasteiger partial charge in [0.05, 0.1) is 5.57 Å². The molecule has 104 valence electrons. The molecule has 0 aliphatic heterocycles. The fourth-order valence-corrected chi connectivity index (χ4v) is 2.60. The summed E-state index contributed by atoms with van der Waals surface area (Å²) in [6.45, 7) is 1.45. The average Bonchev–Trinajstić information content (AvgIpc) is 2.46. The number of benzene rings is 1. The molecule has 0 spiro atoms. The third kappa shape index (κ3) is 3.05. The van der Waals surface area contributed by atoms with Gasteiger partial charge in [0, 0.05) is 18.8 Å². The lowest BCUT2D eigenvalue weighted by Gasteiger charge is -2.23. The third-order valence-electron chi connectivity index (χ3n) is 3.65. The number of carbonyl (C=O) groups is 2. The maximum atomic E-state index is 11.5. The fourth-order valence-electron chi connectivity index (χ4n) is 2.60. The molecule has 1 aromatic rings. The highest BCUT2D eigenvalue weighted by molar-refractivity contribution is 5.97. The van der Waals surface area contributed by atoms with Gasteiger partial charge in [-0.15, -0.1) is 0 Å². The second kappa shape index (κ2) is 6.33. The predicted molar refractivity (Wildman–Crippen MR) is 77.5 cm³/mol. The summed E-state index contributed by atoms with van der Waals surface area (Å²) in [7, 11) is 0. The van der Waals surface area contributed by atoms with Crippen LogP contribution in [0.5, 0.6) is 0 Å². The Morgan fingerprint density at radius 3 is 2.60 bits per heavy atom. The molecule has 0 heterocycles. The molecule has 0 amide bonds. The number of aliphatic hydroxyl groups excluding tert-OH is 1. The monoisotopic (exact) mass is 270 g/mol. The van der Waals surface area contributed by atoms with E-state index in [0.29, 0.717) is 24.8 Å². The van der Waals surface area contributed by atoms with E-state index in [1.165, 1.54) is 6.92 Å². The zero-order valence-electron chi connectivity index (χ0n) is 11.5. The van der Waals surface area contributed by atoms with Crippen LogP contribution >= 0.6 is 0 Å². The van der Waals surface area contributed by atoms with Crippen molar-refractivity contribution in [2.24, 2.45) is 0 Å². The molecule has 0 aromatic heterocycles. The molecule has 3 heteroatoms. The second-order valence-electron chi connectivity index (χ2n) is 5.00. The smallest absolute Gasteiger partial charge is 0.163 e. The van der Waals surface area contributed by atoms with Gasteiger partial charge in [-0.1, -0.05) is 35.9 Å². The van der Waals surface area contributed by atoms with Gasteiger partial charge in [0.25, 0.3) is 0 Å².